The van der Waals surface area contributed by atoms with Gasteiger partial charge in [0, 0.05) is 11.4 Å². The number of aryl methyl sites for hydroxylation is 1. The lowest BCUT2D eigenvalue weighted by atomic mass is 10.1. The first-order valence-electron chi connectivity index (χ1n) is 6.51. The van der Waals surface area contributed by atoms with Crippen LogP contribution in [0.25, 0.3) is 0 Å². The van der Waals surface area contributed by atoms with Gasteiger partial charge in [-0.1, -0.05) is 12.1 Å². The molecule has 0 spiro atoms. The lowest BCUT2D eigenvalue weighted by Gasteiger charge is -2.15. The van der Waals surface area contributed by atoms with Crippen LogP contribution in [0.3, 0.4) is 0 Å². The number of hydrogen-bond acceptors (Lipinski definition) is 4. The second-order valence-electron chi connectivity index (χ2n) is 4.84. The number of sulfonamides is 1. The minimum Gasteiger partial charge on any atom is -0.399 e. The fraction of sp³-hybridized carbons (Fsp3) is 0.200. The number of anilines is 3. The topological polar surface area (TPSA) is 84.2 Å². The summed E-state index contributed by atoms with van der Waals surface area (Å²) in [6.45, 7) is 4.00. The monoisotopic (exact) mass is 305 g/mol. The molecule has 6 heteroatoms. The van der Waals surface area contributed by atoms with Crippen LogP contribution in [0.5, 0.6) is 0 Å². The Morgan fingerprint density at radius 2 is 1.76 bits per heavy atom. The van der Waals surface area contributed by atoms with Gasteiger partial charge in [-0.3, -0.25) is 0 Å². The Morgan fingerprint density at radius 1 is 1.05 bits per heavy atom. The average Bonchev–Trinajstić information content (AvgIpc) is 2.45. The molecule has 0 aliphatic carbocycles. The van der Waals surface area contributed by atoms with Crippen LogP contribution in [-0.4, -0.2) is 15.5 Å². The Balaban J connectivity index is 2.53. The van der Waals surface area contributed by atoms with E-state index in [1.54, 1.807) is 12.1 Å². The zero-order valence-electron chi connectivity index (χ0n) is 12.3. The molecule has 4 N–H and O–H groups in total. The van der Waals surface area contributed by atoms with Crippen LogP contribution in [0.2, 0.25) is 0 Å². The van der Waals surface area contributed by atoms with Gasteiger partial charge in [0.2, 0.25) is 10.0 Å². The number of rotatable bonds is 4. The molecular weight excluding hydrogens is 286 g/mol. The van der Waals surface area contributed by atoms with Crippen LogP contribution < -0.4 is 15.8 Å². The maximum absolute atomic E-state index is 12.1. The highest BCUT2D eigenvalue weighted by atomic mass is 32.2. The first kappa shape index (κ1) is 15.3. The van der Waals surface area contributed by atoms with Gasteiger partial charge in [0.25, 0.3) is 0 Å². The number of nitrogens with one attached hydrogen (secondary N) is 2. The molecule has 0 bridgehead atoms. The zero-order chi connectivity index (χ0) is 15.6. The van der Waals surface area contributed by atoms with E-state index in [4.69, 9.17) is 5.73 Å². The maximum Gasteiger partial charge on any atom is 0.242 e. The second kappa shape index (κ2) is 5.75. The quantitative estimate of drug-likeness (QED) is 0.758. The summed E-state index contributed by atoms with van der Waals surface area (Å²) < 4.78 is 26.5. The molecule has 0 aliphatic rings. The van der Waals surface area contributed by atoms with Gasteiger partial charge < -0.3 is 11.1 Å². The van der Waals surface area contributed by atoms with E-state index in [0.717, 1.165) is 16.8 Å². The van der Waals surface area contributed by atoms with E-state index >= 15 is 0 Å². The van der Waals surface area contributed by atoms with Gasteiger partial charge in [-0.25, -0.2) is 13.1 Å². The Labute approximate surface area is 125 Å². The van der Waals surface area contributed by atoms with Crippen LogP contribution in [0.1, 0.15) is 11.1 Å². The number of nitrogen functional groups attached to an aromatic ring is 1. The van der Waals surface area contributed by atoms with Crippen molar-refractivity contribution in [3.8, 4) is 0 Å². The number of benzene rings is 2. The Bertz CT molecular complexity index is 770. The molecule has 0 atom stereocenters. The number of hydrogen-bond donors (Lipinski definition) is 3. The van der Waals surface area contributed by atoms with Gasteiger partial charge in [-0.05, 0) is 56.3 Å². The van der Waals surface area contributed by atoms with Crippen molar-refractivity contribution >= 4 is 27.1 Å². The summed E-state index contributed by atoms with van der Waals surface area (Å²) in [4.78, 5) is 0.130. The van der Waals surface area contributed by atoms with Gasteiger partial charge in [-0.15, -0.1) is 0 Å². The lowest BCUT2D eigenvalue weighted by Crippen LogP contribution is -2.20. The minimum atomic E-state index is -3.59. The van der Waals surface area contributed by atoms with E-state index in [9.17, 15) is 8.42 Å². The molecule has 0 aromatic heterocycles. The first-order valence-corrected chi connectivity index (χ1v) is 8.00. The van der Waals surface area contributed by atoms with Crippen molar-refractivity contribution in [3.63, 3.8) is 0 Å². The summed E-state index contributed by atoms with van der Waals surface area (Å²) in [6.07, 6.45) is 0. The first-order chi connectivity index (χ1) is 9.85. The van der Waals surface area contributed by atoms with Gasteiger partial charge in [-0.2, -0.15) is 0 Å². The van der Waals surface area contributed by atoms with Crippen molar-refractivity contribution in [3.05, 3.63) is 47.5 Å². The molecule has 2 aromatic rings. The molecule has 0 saturated heterocycles. The molecule has 0 aliphatic heterocycles. The summed E-state index contributed by atoms with van der Waals surface area (Å²) in [5.41, 5.74) is 9.67. The van der Waals surface area contributed by atoms with E-state index < -0.39 is 10.0 Å². The lowest BCUT2D eigenvalue weighted by molar-refractivity contribution is 0.588. The molecular formula is C15H19N3O2S. The van der Waals surface area contributed by atoms with Gasteiger partial charge in [0.1, 0.15) is 4.90 Å². The molecule has 0 unspecified atom stereocenters. The van der Waals surface area contributed by atoms with Crippen molar-refractivity contribution in [2.45, 2.75) is 18.7 Å². The van der Waals surface area contributed by atoms with Crippen LogP contribution in [0, 0.1) is 13.8 Å². The summed E-state index contributed by atoms with van der Waals surface area (Å²) in [7, 11) is -2.21. The van der Waals surface area contributed by atoms with Crippen molar-refractivity contribution in [1.82, 2.24) is 4.72 Å². The van der Waals surface area contributed by atoms with E-state index in [1.807, 2.05) is 32.0 Å². The molecule has 0 amide bonds. The van der Waals surface area contributed by atoms with Gasteiger partial charge in [0.15, 0.2) is 0 Å². The average molecular weight is 305 g/mol. The summed E-state index contributed by atoms with van der Waals surface area (Å²) >= 11 is 0. The minimum absolute atomic E-state index is 0.130. The largest absolute Gasteiger partial charge is 0.399 e. The van der Waals surface area contributed by atoms with Crippen LogP contribution in [0.15, 0.2) is 41.3 Å². The van der Waals surface area contributed by atoms with Gasteiger partial charge in [0.05, 0.1) is 5.69 Å². The molecule has 0 fully saturated rings. The highest BCUT2D eigenvalue weighted by molar-refractivity contribution is 7.89. The molecule has 0 heterocycles. The van der Waals surface area contributed by atoms with Crippen LogP contribution in [-0.2, 0) is 10.0 Å². The van der Waals surface area contributed by atoms with E-state index in [2.05, 4.69) is 10.0 Å². The van der Waals surface area contributed by atoms with E-state index in [0.29, 0.717) is 11.4 Å². The Kier molecular flexibility index (Phi) is 4.20. The maximum atomic E-state index is 12.1. The molecule has 112 valence electrons. The summed E-state index contributed by atoms with van der Waals surface area (Å²) in [5, 5.41) is 3.17. The summed E-state index contributed by atoms with van der Waals surface area (Å²) in [6, 6.07) is 10.6. The second-order valence-corrected chi connectivity index (χ2v) is 6.69. The molecule has 0 radical (unpaired) electrons. The highest BCUT2D eigenvalue weighted by Crippen LogP contribution is 2.29. The molecule has 0 saturated carbocycles. The summed E-state index contributed by atoms with van der Waals surface area (Å²) in [5.74, 6) is 0. The van der Waals surface area contributed by atoms with Crippen molar-refractivity contribution < 1.29 is 8.42 Å². The molecule has 5 nitrogen and oxygen atoms in total. The van der Waals surface area contributed by atoms with Crippen molar-refractivity contribution in [2.75, 3.05) is 18.1 Å². The van der Waals surface area contributed by atoms with Crippen molar-refractivity contribution in [2.24, 2.45) is 0 Å². The van der Waals surface area contributed by atoms with Crippen molar-refractivity contribution in [1.29, 1.82) is 0 Å². The normalized spacial score (nSPS) is 11.4. The fourth-order valence-electron chi connectivity index (χ4n) is 2.01. The number of nitrogens with two attached hydrogens (primary N) is 1. The third-order valence-corrected chi connectivity index (χ3v) is 4.89. The Hall–Kier alpha value is -2.05. The third kappa shape index (κ3) is 3.17. The van der Waals surface area contributed by atoms with Crippen LogP contribution >= 0.6 is 0 Å². The zero-order valence-corrected chi connectivity index (χ0v) is 13.1. The predicted octanol–water partition coefficient (Wildman–Crippen LogP) is 2.54. The molecule has 2 rings (SSSR count). The SMILES string of the molecule is CNS(=O)(=O)c1cc(N)ccc1Nc1cccc(C)c1C. The van der Waals surface area contributed by atoms with E-state index in [1.165, 1.54) is 13.1 Å². The third-order valence-electron chi connectivity index (χ3n) is 3.44. The van der Waals surface area contributed by atoms with Crippen LogP contribution in [0.4, 0.5) is 17.1 Å². The molecule has 2 aromatic carbocycles. The molecule has 21 heavy (non-hydrogen) atoms. The highest BCUT2D eigenvalue weighted by Gasteiger charge is 2.17. The van der Waals surface area contributed by atoms with Gasteiger partial charge >= 0.3 is 0 Å². The Morgan fingerprint density at radius 3 is 2.43 bits per heavy atom. The standard InChI is InChI=1S/C15H19N3O2S/c1-10-5-4-6-13(11(10)2)18-14-8-7-12(16)9-15(14)21(19,20)17-3/h4-9,17-18H,16H2,1-3H3. The smallest absolute Gasteiger partial charge is 0.242 e. The predicted molar refractivity (Wildman–Crippen MR) is 86.3 cm³/mol. The van der Waals surface area contributed by atoms with E-state index in [-0.39, 0.29) is 4.90 Å². The fourth-order valence-corrected chi connectivity index (χ4v) is 2.93.